The smallest absolute Gasteiger partial charge is 0.237 e. The summed E-state index contributed by atoms with van der Waals surface area (Å²) in [6.07, 6.45) is 0. The number of carbonyl (C=O) groups excluding carboxylic acids is 1. The zero-order valence-corrected chi connectivity index (χ0v) is 17.5. The van der Waals surface area contributed by atoms with E-state index in [2.05, 4.69) is 24.3 Å². The molecule has 0 N–H and O–H groups in total. The molecular formula is C27H21NO4. The maximum absolute atomic E-state index is 13.6. The molecule has 4 aromatic carbocycles. The molecule has 0 bridgehead atoms. The SMILES string of the molecule is COc1ccc(N2C(=O)[C@H](c3cccc4ccccc34)[C@@H]2c2ccc3c(c2)OCO3)cc1. The monoisotopic (exact) mass is 423 g/mol. The number of β-lactam (4-membered cyclic amide) rings is 1. The number of methoxy groups -OCH3 is 1. The van der Waals surface area contributed by atoms with Gasteiger partial charge in [0.1, 0.15) is 5.75 Å². The maximum Gasteiger partial charge on any atom is 0.237 e. The number of anilines is 1. The van der Waals surface area contributed by atoms with Gasteiger partial charge in [0.15, 0.2) is 11.5 Å². The van der Waals surface area contributed by atoms with E-state index in [9.17, 15) is 4.79 Å². The van der Waals surface area contributed by atoms with Crippen LogP contribution < -0.4 is 19.1 Å². The highest BCUT2D eigenvalue weighted by Crippen LogP contribution is 2.51. The van der Waals surface area contributed by atoms with Crippen LogP contribution in [0, 0.1) is 0 Å². The Balaban J connectivity index is 1.48. The van der Waals surface area contributed by atoms with Crippen LogP contribution >= 0.6 is 0 Å². The van der Waals surface area contributed by atoms with Crippen LogP contribution in [0.25, 0.3) is 10.8 Å². The van der Waals surface area contributed by atoms with Gasteiger partial charge in [-0.25, -0.2) is 0 Å². The molecule has 158 valence electrons. The first-order valence-electron chi connectivity index (χ1n) is 10.6. The Kier molecular flexibility index (Phi) is 4.28. The molecule has 1 saturated heterocycles. The molecule has 2 aliphatic heterocycles. The summed E-state index contributed by atoms with van der Waals surface area (Å²) in [5.41, 5.74) is 2.90. The van der Waals surface area contributed by atoms with Crippen LogP contribution in [-0.2, 0) is 4.79 Å². The predicted molar refractivity (Wildman–Crippen MR) is 122 cm³/mol. The fraction of sp³-hybridized carbons (Fsp3) is 0.148. The molecule has 0 aliphatic carbocycles. The number of hydrogen-bond acceptors (Lipinski definition) is 4. The topological polar surface area (TPSA) is 48.0 Å². The highest BCUT2D eigenvalue weighted by molar-refractivity contribution is 6.09. The molecule has 0 saturated carbocycles. The average Bonchev–Trinajstić information content (AvgIpc) is 3.31. The third-order valence-corrected chi connectivity index (χ3v) is 6.34. The van der Waals surface area contributed by atoms with E-state index in [0.717, 1.165) is 39.1 Å². The van der Waals surface area contributed by atoms with Crippen molar-refractivity contribution >= 4 is 22.4 Å². The Hall–Kier alpha value is -3.99. The molecule has 0 aromatic heterocycles. The van der Waals surface area contributed by atoms with Crippen LogP contribution in [0.15, 0.2) is 84.9 Å². The van der Waals surface area contributed by atoms with Crippen molar-refractivity contribution in [2.45, 2.75) is 12.0 Å². The fourth-order valence-corrected chi connectivity index (χ4v) is 4.78. The van der Waals surface area contributed by atoms with Crippen molar-refractivity contribution in [2.24, 2.45) is 0 Å². The summed E-state index contributed by atoms with van der Waals surface area (Å²) < 4.78 is 16.4. The van der Waals surface area contributed by atoms with Crippen molar-refractivity contribution in [3.63, 3.8) is 0 Å². The van der Waals surface area contributed by atoms with Crippen LogP contribution in [0.5, 0.6) is 17.2 Å². The molecule has 0 radical (unpaired) electrons. The highest BCUT2D eigenvalue weighted by atomic mass is 16.7. The van der Waals surface area contributed by atoms with Crippen molar-refractivity contribution in [2.75, 3.05) is 18.8 Å². The summed E-state index contributed by atoms with van der Waals surface area (Å²) in [5.74, 6) is 2.00. The number of hydrogen-bond donors (Lipinski definition) is 0. The third-order valence-electron chi connectivity index (χ3n) is 6.34. The Morgan fingerprint density at radius 1 is 0.875 bits per heavy atom. The minimum Gasteiger partial charge on any atom is -0.497 e. The van der Waals surface area contributed by atoms with Crippen molar-refractivity contribution in [1.29, 1.82) is 0 Å². The van der Waals surface area contributed by atoms with Gasteiger partial charge in [-0.1, -0.05) is 48.5 Å². The maximum atomic E-state index is 13.6. The molecule has 2 aliphatic rings. The molecular weight excluding hydrogens is 402 g/mol. The standard InChI is InChI=1S/C27H21NO4/c1-30-20-12-10-19(11-13-20)28-26(18-9-14-23-24(15-18)32-16-31-23)25(27(28)29)22-8-4-6-17-5-2-3-7-21(17)22/h2-15,25-26H,16H2,1H3/t25-,26+/m1/s1. The Morgan fingerprint density at radius 3 is 2.50 bits per heavy atom. The van der Waals surface area contributed by atoms with Crippen molar-refractivity contribution < 1.29 is 19.0 Å². The zero-order chi connectivity index (χ0) is 21.7. The van der Waals surface area contributed by atoms with E-state index >= 15 is 0 Å². The van der Waals surface area contributed by atoms with Crippen molar-refractivity contribution in [3.05, 3.63) is 96.1 Å². The number of amides is 1. The van der Waals surface area contributed by atoms with Gasteiger partial charge < -0.3 is 19.1 Å². The minimum atomic E-state index is -0.288. The number of ether oxygens (including phenoxy) is 3. The number of rotatable bonds is 4. The molecule has 1 amide bonds. The van der Waals surface area contributed by atoms with Gasteiger partial charge in [0.2, 0.25) is 12.7 Å². The minimum absolute atomic E-state index is 0.0780. The fourth-order valence-electron chi connectivity index (χ4n) is 4.78. The van der Waals surface area contributed by atoms with Gasteiger partial charge in [-0.3, -0.25) is 4.79 Å². The van der Waals surface area contributed by atoms with E-state index in [0.29, 0.717) is 5.75 Å². The molecule has 2 heterocycles. The number of fused-ring (bicyclic) bond motifs is 2. The largest absolute Gasteiger partial charge is 0.497 e. The van der Waals surface area contributed by atoms with Crippen LogP contribution in [0.3, 0.4) is 0 Å². The predicted octanol–water partition coefficient (Wildman–Crippen LogP) is 5.45. The van der Waals surface area contributed by atoms with Gasteiger partial charge in [-0.2, -0.15) is 0 Å². The summed E-state index contributed by atoms with van der Waals surface area (Å²) in [5, 5.41) is 2.23. The molecule has 0 unspecified atom stereocenters. The lowest BCUT2D eigenvalue weighted by Crippen LogP contribution is -2.53. The molecule has 1 fully saturated rings. The van der Waals surface area contributed by atoms with Crippen molar-refractivity contribution in [1.82, 2.24) is 0 Å². The first-order chi connectivity index (χ1) is 15.7. The summed E-state index contributed by atoms with van der Waals surface area (Å²) in [6.45, 7) is 0.220. The van der Waals surface area contributed by atoms with E-state index in [-0.39, 0.29) is 24.7 Å². The summed E-state index contributed by atoms with van der Waals surface area (Å²) in [7, 11) is 1.63. The molecule has 6 rings (SSSR count). The molecule has 32 heavy (non-hydrogen) atoms. The normalized spacial score (nSPS) is 19.2. The lowest BCUT2D eigenvalue weighted by molar-refractivity contribution is -0.126. The Labute approximate surface area is 185 Å². The lowest BCUT2D eigenvalue weighted by atomic mass is 9.76. The van der Waals surface area contributed by atoms with Gasteiger partial charge in [-0.05, 0) is 58.3 Å². The van der Waals surface area contributed by atoms with Crippen LogP contribution in [0.2, 0.25) is 0 Å². The third kappa shape index (κ3) is 2.82. The van der Waals surface area contributed by atoms with Crippen LogP contribution in [0.1, 0.15) is 23.1 Å². The molecule has 5 nitrogen and oxygen atoms in total. The summed E-state index contributed by atoms with van der Waals surface area (Å²) in [6, 6.07) is 27.8. The summed E-state index contributed by atoms with van der Waals surface area (Å²) >= 11 is 0. The van der Waals surface area contributed by atoms with Gasteiger partial charge in [0.25, 0.3) is 0 Å². The second-order valence-corrected chi connectivity index (χ2v) is 8.01. The highest BCUT2D eigenvalue weighted by Gasteiger charge is 2.50. The van der Waals surface area contributed by atoms with Crippen LogP contribution in [-0.4, -0.2) is 19.8 Å². The zero-order valence-electron chi connectivity index (χ0n) is 17.5. The van der Waals surface area contributed by atoms with E-state index in [1.54, 1.807) is 7.11 Å². The number of nitrogens with zero attached hydrogens (tertiary/aromatic N) is 1. The van der Waals surface area contributed by atoms with E-state index < -0.39 is 0 Å². The first kappa shape index (κ1) is 18.8. The van der Waals surface area contributed by atoms with Gasteiger partial charge >= 0.3 is 0 Å². The molecule has 2 atom stereocenters. The second kappa shape index (κ2) is 7.31. The van der Waals surface area contributed by atoms with E-state index in [1.165, 1.54) is 0 Å². The first-order valence-corrected chi connectivity index (χ1v) is 10.6. The number of benzene rings is 4. The summed E-state index contributed by atoms with van der Waals surface area (Å²) in [4.78, 5) is 15.5. The Bertz CT molecular complexity index is 1330. The lowest BCUT2D eigenvalue weighted by Gasteiger charge is -2.48. The Morgan fingerprint density at radius 2 is 1.66 bits per heavy atom. The van der Waals surface area contributed by atoms with Crippen LogP contribution in [0.4, 0.5) is 5.69 Å². The molecule has 4 aromatic rings. The van der Waals surface area contributed by atoms with Crippen molar-refractivity contribution in [3.8, 4) is 17.2 Å². The van der Waals surface area contributed by atoms with Gasteiger partial charge in [-0.15, -0.1) is 0 Å². The average molecular weight is 423 g/mol. The number of carbonyl (C=O) groups is 1. The quantitative estimate of drug-likeness (QED) is 0.410. The molecule has 0 spiro atoms. The van der Waals surface area contributed by atoms with E-state index in [1.807, 2.05) is 65.6 Å². The van der Waals surface area contributed by atoms with Gasteiger partial charge in [0.05, 0.1) is 19.1 Å². The van der Waals surface area contributed by atoms with E-state index in [4.69, 9.17) is 14.2 Å². The van der Waals surface area contributed by atoms with Gasteiger partial charge in [0, 0.05) is 5.69 Å². The second-order valence-electron chi connectivity index (χ2n) is 8.01. The molecule has 5 heteroatoms.